The highest BCUT2D eigenvalue weighted by Crippen LogP contribution is 2.21. The predicted octanol–water partition coefficient (Wildman–Crippen LogP) is 3.53. The first-order valence-electron chi connectivity index (χ1n) is 10.2. The zero-order chi connectivity index (χ0) is 22.6. The minimum atomic E-state index is -3.77. The Morgan fingerprint density at radius 2 is 1.72 bits per heavy atom. The van der Waals surface area contributed by atoms with Gasteiger partial charge in [-0.05, 0) is 48.9 Å². The van der Waals surface area contributed by atoms with Crippen LogP contribution in [0.3, 0.4) is 0 Å². The van der Waals surface area contributed by atoms with Gasteiger partial charge in [0.15, 0.2) is 5.76 Å². The van der Waals surface area contributed by atoms with Crippen LogP contribution in [0.2, 0.25) is 0 Å². The van der Waals surface area contributed by atoms with Gasteiger partial charge in [-0.25, -0.2) is 12.8 Å². The topological polar surface area (TPSA) is 80.1 Å². The molecule has 0 saturated carbocycles. The second kappa shape index (κ2) is 9.54. The van der Waals surface area contributed by atoms with Crippen molar-refractivity contribution < 1.29 is 26.8 Å². The molecule has 0 radical (unpaired) electrons. The van der Waals surface area contributed by atoms with Gasteiger partial charge in [-0.3, -0.25) is 4.79 Å². The molecule has 0 unspecified atom stereocenters. The van der Waals surface area contributed by atoms with Crippen LogP contribution in [0.25, 0.3) is 0 Å². The third-order valence-electron chi connectivity index (χ3n) is 5.27. The summed E-state index contributed by atoms with van der Waals surface area (Å²) in [5, 5.41) is 0. The number of nitrogens with zero attached hydrogens (tertiary/aromatic N) is 2. The molecule has 7 nitrogen and oxygen atoms in total. The fourth-order valence-electron chi connectivity index (χ4n) is 3.55. The summed E-state index contributed by atoms with van der Waals surface area (Å²) in [4.78, 5) is 14.7. The van der Waals surface area contributed by atoms with Crippen molar-refractivity contribution in [1.82, 2.24) is 9.21 Å². The lowest BCUT2D eigenvalue weighted by Crippen LogP contribution is -2.37. The molecule has 1 aliphatic rings. The van der Waals surface area contributed by atoms with E-state index in [0.717, 1.165) is 12.1 Å². The summed E-state index contributed by atoms with van der Waals surface area (Å²) in [6.45, 7) is 1.21. The lowest BCUT2D eigenvalue weighted by Gasteiger charge is -2.21. The molecule has 1 amide bonds. The van der Waals surface area contributed by atoms with Crippen LogP contribution in [0, 0.1) is 5.82 Å². The van der Waals surface area contributed by atoms with Gasteiger partial charge in [0.1, 0.15) is 18.2 Å². The molecule has 0 bridgehead atoms. The van der Waals surface area contributed by atoms with Crippen molar-refractivity contribution in [2.45, 2.75) is 17.9 Å². The zero-order valence-corrected chi connectivity index (χ0v) is 18.1. The molecular formula is C23H23FN2O5S. The molecule has 0 spiro atoms. The number of rotatable bonds is 6. The number of carbonyl (C=O) groups is 1. The van der Waals surface area contributed by atoms with Gasteiger partial charge in [0.05, 0.1) is 11.2 Å². The van der Waals surface area contributed by atoms with Gasteiger partial charge < -0.3 is 14.1 Å². The summed E-state index contributed by atoms with van der Waals surface area (Å²) in [6.07, 6.45) is 1.92. The van der Waals surface area contributed by atoms with E-state index in [1.807, 2.05) is 30.3 Å². The molecule has 9 heteroatoms. The number of sulfonamides is 1. The van der Waals surface area contributed by atoms with Crippen molar-refractivity contribution in [2.75, 3.05) is 26.2 Å². The van der Waals surface area contributed by atoms with Crippen molar-refractivity contribution >= 4 is 15.9 Å². The van der Waals surface area contributed by atoms with Gasteiger partial charge in [0.2, 0.25) is 10.0 Å². The number of para-hydroxylation sites is 1. The highest BCUT2D eigenvalue weighted by Gasteiger charge is 2.30. The average molecular weight is 459 g/mol. The molecule has 4 rings (SSSR count). The van der Waals surface area contributed by atoms with E-state index in [2.05, 4.69) is 0 Å². The number of halogens is 1. The van der Waals surface area contributed by atoms with Crippen molar-refractivity contribution in [3.63, 3.8) is 0 Å². The second-order valence-corrected chi connectivity index (χ2v) is 9.32. The molecule has 168 valence electrons. The van der Waals surface area contributed by atoms with Gasteiger partial charge >= 0.3 is 0 Å². The Labute approximate surface area is 186 Å². The molecule has 32 heavy (non-hydrogen) atoms. The van der Waals surface area contributed by atoms with Crippen LogP contribution in [0.5, 0.6) is 5.75 Å². The Balaban J connectivity index is 1.42. The highest BCUT2D eigenvalue weighted by atomic mass is 32.2. The maximum atomic E-state index is 13.2. The molecule has 0 N–H and O–H groups in total. The van der Waals surface area contributed by atoms with E-state index >= 15 is 0 Å². The lowest BCUT2D eigenvalue weighted by molar-refractivity contribution is 0.0728. The number of carbonyl (C=O) groups excluding carboxylic acids is 1. The maximum absolute atomic E-state index is 13.2. The molecule has 1 saturated heterocycles. The maximum Gasteiger partial charge on any atom is 0.290 e. The van der Waals surface area contributed by atoms with Crippen LogP contribution in [0.1, 0.15) is 22.5 Å². The van der Waals surface area contributed by atoms with Crippen molar-refractivity contribution in [2.24, 2.45) is 0 Å². The number of ether oxygens (including phenoxy) is 1. The number of hydrogen-bond donors (Lipinski definition) is 0. The smallest absolute Gasteiger partial charge is 0.290 e. The summed E-state index contributed by atoms with van der Waals surface area (Å²) in [7, 11) is -3.77. The zero-order valence-electron chi connectivity index (χ0n) is 17.3. The molecule has 3 aromatic rings. The number of hydrogen-bond acceptors (Lipinski definition) is 5. The van der Waals surface area contributed by atoms with E-state index in [4.69, 9.17) is 9.15 Å². The Bertz CT molecular complexity index is 1160. The molecule has 1 aliphatic heterocycles. The molecule has 0 atom stereocenters. The fourth-order valence-corrected chi connectivity index (χ4v) is 5.02. The number of benzene rings is 2. The SMILES string of the molecule is O=C(c1occc1COc1ccccc1)N1CCCN(S(=O)(=O)c2ccc(F)cc2)CC1. The van der Waals surface area contributed by atoms with Crippen LogP contribution in [-0.2, 0) is 16.6 Å². The van der Waals surface area contributed by atoms with Crippen molar-refractivity contribution in [3.05, 3.63) is 84.1 Å². The van der Waals surface area contributed by atoms with Crippen LogP contribution >= 0.6 is 0 Å². The van der Waals surface area contributed by atoms with E-state index < -0.39 is 15.8 Å². The first-order valence-corrected chi connectivity index (χ1v) is 11.7. The normalized spacial score (nSPS) is 15.3. The standard InChI is InChI=1S/C23H23FN2O5S/c24-19-7-9-21(10-8-19)32(28,29)26-13-4-12-25(14-15-26)23(27)22-18(11-16-30-22)17-31-20-5-2-1-3-6-20/h1-3,5-11,16H,4,12-15,17H2. The van der Waals surface area contributed by atoms with Gasteiger partial charge in [-0.15, -0.1) is 0 Å². The summed E-state index contributed by atoms with van der Waals surface area (Å²) in [5.41, 5.74) is 0.624. The molecule has 1 fully saturated rings. The predicted molar refractivity (Wildman–Crippen MR) is 115 cm³/mol. The molecular weight excluding hydrogens is 435 g/mol. The molecule has 2 aromatic carbocycles. The van der Waals surface area contributed by atoms with Crippen LogP contribution in [0.4, 0.5) is 4.39 Å². The quantitative estimate of drug-likeness (QED) is 0.565. The minimum Gasteiger partial charge on any atom is -0.489 e. The van der Waals surface area contributed by atoms with Crippen LogP contribution in [-0.4, -0.2) is 49.7 Å². The van der Waals surface area contributed by atoms with Crippen LogP contribution < -0.4 is 4.74 Å². The third kappa shape index (κ3) is 4.84. The molecule has 2 heterocycles. The summed E-state index contributed by atoms with van der Waals surface area (Å²) in [5.74, 6) is 0.0732. The number of furan rings is 1. The van der Waals surface area contributed by atoms with E-state index in [-0.39, 0.29) is 42.8 Å². The van der Waals surface area contributed by atoms with E-state index in [1.165, 1.54) is 22.7 Å². The van der Waals surface area contributed by atoms with E-state index in [0.29, 0.717) is 24.3 Å². The lowest BCUT2D eigenvalue weighted by atomic mass is 10.2. The summed E-state index contributed by atoms with van der Waals surface area (Å²) >= 11 is 0. The number of amides is 1. The second-order valence-electron chi connectivity index (χ2n) is 7.38. The highest BCUT2D eigenvalue weighted by molar-refractivity contribution is 7.89. The molecule has 1 aromatic heterocycles. The molecule has 0 aliphatic carbocycles. The third-order valence-corrected chi connectivity index (χ3v) is 7.18. The van der Waals surface area contributed by atoms with Gasteiger partial charge in [0, 0.05) is 31.7 Å². The first kappa shape index (κ1) is 22.0. The van der Waals surface area contributed by atoms with E-state index in [9.17, 15) is 17.6 Å². The summed E-state index contributed by atoms with van der Waals surface area (Å²) in [6, 6.07) is 15.7. The Kier molecular flexibility index (Phi) is 6.57. The summed E-state index contributed by atoms with van der Waals surface area (Å²) < 4.78 is 51.5. The minimum absolute atomic E-state index is 0.0325. The van der Waals surface area contributed by atoms with Gasteiger partial charge in [-0.2, -0.15) is 4.31 Å². The Morgan fingerprint density at radius 1 is 0.969 bits per heavy atom. The van der Waals surface area contributed by atoms with Gasteiger partial charge in [0.25, 0.3) is 5.91 Å². The average Bonchev–Trinajstić information content (AvgIpc) is 3.12. The van der Waals surface area contributed by atoms with Crippen molar-refractivity contribution in [3.8, 4) is 5.75 Å². The van der Waals surface area contributed by atoms with Crippen LogP contribution in [0.15, 0.2) is 76.2 Å². The monoisotopic (exact) mass is 458 g/mol. The largest absolute Gasteiger partial charge is 0.489 e. The van der Waals surface area contributed by atoms with Crippen molar-refractivity contribution in [1.29, 1.82) is 0 Å². The Morgan fingerprint density at radius 3 is 2.47 bits per heavy atom. The fraction of sp³-hybridized carbons (Fsp3) is 0.261. The first-order chi connectivity index (χ1) is 15.4. The van der Waals surface area contributed by atoms with E-state index in [1.54, 1.807) is 11.0 Å². The Hall–Kier alpha value is -3.17. The van der Waals surface area contributed by atoms with Gasteiger partial charge in [-0.1, -0.05) is 18.2 Å².